The van der Waals surface area contributed by atoms with Crippen LogP contribution in [-0.2, 0) is 23.4 Å². The maximum atomic E-state index is 15.5. The van der Waals surface area contributed by atoms with E-state index < -0.39 is 61.8 Å². The van der Waals surface area contributed by atoms with Crippen LogP contribution in [0.4, 0.5) is 10.2 Å². The smallest absolute Gasteiger partial charge is 0.458 e. The number of benzene rings is 1. The zero-order valence-electron chi connectivity index (χ0n) is 19.9. The molecule has 2 aromatic rings. The zero-order chi connectivity index (χ0) is 26.3. The number of esters is 1. The number of ether oxygens (including phenoxy) is 2. The summed E-state index contributed by atoms with van der Waals surface area (Å²) in [6.07, 6.45) is -3.29. The van der Waals surface area contributed by atoms with Crippen LogP contribution in [0.1, 0.15) is 33.4 Å². The highest BCUT2D eigenvalue weighted by Gasteiger charge is 2.56. The Hall–Kier alpha value is -2.83. The molecular weight excluding hydrogens is 498 g/mol. The summed E-state index contributed by atoms with van der Waals surface area (Å²) in [5.74, 6) is -0.516. The van der Waals surface area contributed by atoms with Gasteiger partial charge in [-0.05, 0) is 39.0 Å². The number of aromatic nitrogens is 2. The molecule has 0 bridgehead atoms. The lowest BCUT2D eigenvalue weighted by Crippen LogP contribution is -2.43. The van der Waals surface area contributed by atoms with Crippen molar-refractivity contribution >= 4 is 19.5 Å². The second-order valence-electron chi connectivity index (χ2n) is 9.43. The summed E-state index contributed by atoms with van der Waals surface area (Å²) in [5, 5.41) is 13.2. The number of aliphatic hydroxyl groups excluding tert-OH is 1. The molecule has 3 heterocycles. The van der Waals surface area contributed by atoms with Gasteiger partial charge in [-0.1, -0.05) is 18.2 Å². The Kier molecular flexibility index (Phi) is 6.97. The number of cyclic esters (lactones) is 1. The lowest BCUT2D eigenvalue weighted by Gasteiger charge is -2.25. The van der Waals surface area contributed by atoms with E-state index in [4.69, 9.17) is 24.3 Å². The maximum absolute atomic E-state index is 15.5. The van der Waals surface area contributed by atoms with Gasteiger partial charge in [0, 0.05) is 12.6 Å². The molecule has 0 saturated carbocycles. The van der Waals surface area contributed by atoms with Gasteiger partial charge in [0.2, 0.25) is 0 Å². The van der Waals surface area contributed by atoms with Crippen molar-refractivity contribution in [1.82, 2.24) is 14.6 Å². The van der Waals surface area contributed by atoms with Crippen molar-refractivity contribution in [3.05, 3.63) is 53.1 Å². The Morgan fingerprint density at radius 2 is 1.97 bits per heavy atom. The topological polar surface area (TPSA) is 164 Å². The van der Waals surface area contributed by atoms with E-state index in [2.05, 4.69) is 10.1 Å². The van der Waals surface area contributed by atoms with Crippen LogP contribution in [0.3, 0.4) is 0 Å². The molecule has 1 unspecified atom stereocenters. The second kappa shape index (κ2) is 9.56. The quantitative estimate of drug-likeness (QED) is 0.339. The van der Waals surface area contributed by atoms with E-state index in [9.17, 15) is 19.3 Å². The third-order valence-corrected chi connectivity index (χ3v) is 7.44. The number of para-hydroxylation sites is 1. The molecule has 2 aliphatic rings. The molecule has 2 saturated heterocycles. The molecule has 0 spiro atoms. The summed E-state index contributed by atoms with van der Waals surface area (Å²) in [7, 11) is -4.27. The Morgan fingerprint density at radius 1 is 1.28 bits per heavy atom. The molecule has 196 valence electrons. The standard InChI is InChI=1S/C22H28FN4O8P/c1-21(2)11-14(18(29)34-21)26-36(31,35-13-7-5-4-6-8-13)32-12-15-17(28)22(3,23)19(33-15)27-10-9-16(24)25-20(27)30/h4-10,14-15,17,19,28H,11-12H2,1-3H3,(H,26,31)(H2,24,25,30)/t14-,15+,17+,19+,22+,36?/m0/s1. The van der Waals surface area contributed by atoms with E-state index in [0.29, 0.717) is 0 Å². The van der Waals surface area contributed by atoms with E-state index in [1.807, 2.05) is 0 Å². The lowest BCUT2D eigenvalue weighted by molar-refractivity contribution is -0.147. The number of carbonyl (C=O) groups excluding carboxylic acids is 1. The van der Waals surface area contributed by atoms with Gasteiger partial charge in [-0.2, -0.15) is 10.1 Å². The SMILES string of the molecule is CC1(C)C[C@H](NP(=O)(OC[C@H]2O[C@@H](n3ccc(N)nc3=O)[C@](C)(F)[C@@H]2O)Oc2ccccc2)C(=O)O1. The van der Waals surface area contributed by atoms with Crippen molar-refractivity contribution in [3.8, 4) is 5.75 Å². The molecule has 1 aromatic carbocycles. The van der Waals surface area contributed by atoms with E-state index in [-0.39, 0.29) is 18.0 Å². The van der Waals surface area contributed by atoms with Gasteiger partial charge < -0.3 is 24.8 Å². The van der Waals surface area contributed by atoms with Crippen molar-refractivity contribution in [1.29, 1.82) is 0 Å². The van der Waals surface area contributed by atoms with E-state index in [1.165, 1.54) is 24.4 Å². The van der Waals surface area contributed by atoms with Gasteiger partial charge >= 0.3 is 19.4 Å². The molecule has 1 aromatic heterocycles. The molecule has 36 heavy (non-hydrogen) atoms. The number of alkyl halides is 1. The predicted molar refractivity (Wildman–Crippen MR) is 125 cm³/mol. The Labute approximate surface area is 206 Å². The van der Waals surface area contributed by atoms with E-state index >= 15 is 4.39 Å². The molecule has 0 aliphatic carbocycles. The fraction of sp³-hybridized carbons (Fsp3) is 0.500. The number of hydrogen-bond acceptors (Lipinski definition) is 10. The molecule has 12 nitrogen and oxygen atoms in total. The Bertz CT molecular complexity index is 1220. The second-order valence-corrected chi connectivity index (χ2v) is 11.1. The first-order chi connectivity index (χ1) is 16.8. The van der Waals surface area contributed by atoms with Crippen LogP contribution in [0.2, 0.25) is 0 Å². The summed E-state index contributed by atoms with van der Waals surface area (Å²) < 4.78 is 52.0. The van der Waals surface area contributed by atoms with E-state index in [1.54, 1.807) is 32.0 Å². The van der Waals surface area contributed by atoms with Crippen molar-refractivity contribution in [2.45, 2.75) is 62.9 Å². The predicted octanol–water partition coefficient (Wildman–Crippen LogP) is 1.70. The number of hydrogen-bond donors (Lipinski definition) is 3. The molecule has 0 amide bonds. The van der Waals surface area contributed by atoms with E-state index in [0.717, 1.165) is 11.5 Å². The minimum absolute atomic E-state index is 0.0612. The maximum Gasteiger partial charge on any atom is 0.459 e. The van der Waals surface area contributed by atoms with Crippen LogP contribution in [-0.4, -0.2) is 56.8 Å². The average molecular weight is 526 g/mol. The third-order valence-electron chi connectivity index (χ3n) is 5.87. The van der Waals surface area contributed by atoms with Gasteiger partial charge in [0.25, 0.3) is 0 Å². The summed E-state index contributed by atoms with van der Waals surface area (Å²) in [6, 6.07) is 8.37. The van der Waals surface area contributed by atoms with Crippen molar-refractivity contribution < 1.29 is 37.4 Å². The number of aliphatic hydroxyl groups is 1. The molecule has 14 heteroatoms. The van der Waals surface area contributed by atoms with Crippen LogP contribution in [0, 0.1) is 0 Å². The van der Waals surface area contributed by atoms with Gasteiger partial charge in [-0.15, -0.1) is 0 Å². The van der Waals surface area contributed by atoms with Crippen LogP contribution in [0.15, 0.2) is 47.4 Å². The number of nitrogens with two attached hydrogens (primary N) is 1. The fourth-order valence-corrected chi connectivity index (χ4v) is 5.59. The minimum atomic E-state index is -4.27. The normalized spacial score (nSPS) is 31.1. The number of anilines is 1. The fourth-order valence-electron chi connectivity index (χ4n) is 4.09. The van der Waals surface area contributed by atoms with Crippen LogP contribution in [0.25, 0.3) is 0 Å². The number of nitrogens with one attached hydrogen (secondary N) is 1. The minimum Gasteiger partial charge on any atom is -0.458 e. The Balaban J connectivity index is 1.54. The lowest BCUT2D eigenvalue weighted by atomic mass is 9.98. The number of nitrogen functional groups attached to an aromatic ring is 1. The molecule has 4 N–H and O–H groups in total. The first kappa shape index (κ1) is 26.2. The summed E-state index contributed by atoms with van der Waals surface area (Å²) >= 11 is 0. The highest BCUT2D eigenvalue weighted by Crippen LogP contribution is 2.48. The molecule has 2 fully saturated rings. The highest BCUT2D eigenvalue weighted by molar-refractivity contribution is 7.52. The first-order valence-electron chi connectivity index (χ1n) is 11.2. The number of nitrogens with zero attached hydrogens (tertiary/aromatic N) is 2. The highest BCUT2D eigenvalue weighted by atomic mass is 31.2. The molecular formula is C22H28FN4O8P. The molecule has 6 atom stereocenters. The summed E-state index contributed by atoms with van der Waals surface area (Å²) in [4.78, 5) is 28.1. The van der Waals surface area contributed by atoms with Gasteiger partial charge in [-0.25, -0.2) is 13.8 Å². The van der Waals surface area contributed by atoms with Crippen molar-refractivity contribution in [2.24, 2.45) is 0 Å². The van der Waals surface area contributed by atoms with Crippen LogP contribution < -0.4 is 21.0 Å². The average Bonchev–Trinajstić information content (AvgIpc) is 3.17. The van der Waals surface area contributed by atoms with Crippen LogP contribution >= 0.6 is 7.75 Å². The van der Waals surface area contributed by atoms with Gasteiger partial charge in [0.1, 0.15) is 35.4 Å². The third kappa shape index (κ3) is 5.45. The van der Waals surface area contributed by atoms with Gasteiger partial charge in [0.15, 0.2) is 11.9 Å². The molecule has 0 radical (unpaired) electrons. The molecule has 4 rings (SSSR count). The van der Waals surface area contributed by atoms with Gasteiger partial charge in [-0.3, -0.25) is 13.9 Å². The number of rotatable bonds is 8. The van der Waals surface area contributed by atoms with Gasteiger partial charge in [0.05, 0.1) is 6.61 Å². The monoisotopic (exact) mass is 526 g/mol. The van der Waals surface area contributed by atoms with Crippen molar-refractivity contribution in [2.75, 3.05) is 12.3 Å². The van der Waals surface area contributed by atoms with Crippen LogP contribution in [0.5, 0.6) is 5.75 Å². The summed E-state index contributed by atoms with van der Waals surface area (Å²) in [6.45, 7) is 3.86. The molecule has 2 aliphatic heterocycles. The number of carbonyl (C=O) groups is 1. The first-order valence-corrected chi connectivity index (χ1v) is 12.7. The summed E-state index contributed by atoms with van der Waals surface area (Å²) in [5.41, 5.74) is 1.38. The van der Waals surface area contributed by atoms with Crippen molar-refractivity contribution in [3.63, 3.8) is 0 Å². The zero-order valence-corrected chi connectivity index (χ0v) is 20.8. The Morgan fingerprint density at radius 3 is 2.58 bits per heavy atom. The number of halogens is 1. The largest absolute Gasteiger partial charge is 0.459 e.